The van der Waals surface area contributed by atoms with Gasteiger partial charge in [-0.15, -0.1) is 24.2 Å². The van der Waals surface area contributed by atoms with Gasteiger partial charge in [0.1, 0.15) is 0 Å². The topological polar surface area (TPSA) is 73.6 Å². The van der Waals surface area contributed by atoms with Gasteiger partial charge in [-0.2, -0.15) is 0 Å². The van der Waals surface area contributed by atoms with E-state index in [9.17, 15) is 4.79 Å². The van der Waals surface area contributed by atoms with Crippen molar-refractivity contribution in [2.45, 2.75) is 36.2 Å². The molecule has 1 amide bonds. The van der Waals surface area contributed by atoms with Crippen LogP contribution in [0.2, 0.25) is 0 Å². The second kappa shape index (κ2) is 10.3. The van der Waals surface area contributed by atoms with Crippen molar-refractivity contribution in [2.75, 3.05) is 32.7 Å². The van der Waals surface area contributed by atoms with E-state index in [4.69, 9.17) is 15.2 Å². The summed E-state index contributed by atoms with van der Waals surface area (Å²) in [5, 5.41) is 3.03. The van der Waals surface area contributed by atoms with Crippen LogP contribution in [0.3, 0.4) is 0 Å². The van der Waals surface area contributed by atoms with E-state index < -0.39 is 5.54 Å². The fraction of sp³-hybridized carbons (Fsp3) is 0.588. The molecule has 136 valence electrons. The lowest BCUT2D eigenvalue weighted by atomic mass is 9.90. The first kappa shape index (κ1) is 21.3. The molecular formula is C17H27ClN2O3S. The fourth-order valence-corrected chi connectivity index (χ4v) is 3.30. The van der Waals surface area contributed by atoms with Crippen LogP contribution >= 0.6 is 24.2 Å². The van der Waals surface area contributed by atoms with E-state index in [1.807, 2.05) is 19.1 Å². The van der Waals surface area contributed by atoms with Gasteiger partial charge < -0.3 is 20.5 Å². The number of methoxy groups -OCH3 is 1. The van der Waals surface area contributed by atoms with Crippen LogP contribution in [-0.2, 0) is 14.3 Å². The first-order valence-corrected chi connectivity index (χ1v) is 8.93. The van der Waals surface area contributed by atoms with Crippen molar-refractivity contribution in [3.05, 3.63) is 29.8 Å². The molecule has 1 saturated heterocycles. The zero-order chi connectivity index (χ0) is 16.7. The Kier molecular flexibility index (Phi) is 9.08. The van der Waals surface area contributed by atoms with Gasteiger partial charge in [0.25, 0.3) is 0 Å². The minimum atomic E-state index is -0.803. The molecule has 24 heavy (non-hydrogen) atoms. The molecule has 1 aliphatic rings. The number of ether oxygens (including phenoxy) is 2. The molecule has 3 N–H and O–H groups in total. The third-order valence-corrected chi connectivity index (χ3v) is 5.10. The standard InChI is InChI=1S/C17H26N2O3S.ClH/c1-13(19-16(20)17(18)7-9-22-10-8-17)14-3-5-15(6-4-14)23-12-11-21-2;/h3-6,13H,7-12,18H2,1-2H3,(H,19,20);1H. The summed E-state index contributed by atoms with van der Waals surface area (Å²) in [4.78, 5) is 13.6. The van der Waals surface area contributed by atoms with Gasteiger partial charge in [-0.1, -0.05) is 12.1 Å². The van der Waals surface area contributed by atoms with Crippen LogP contribution in [0.25, 0.3) is 0 Å². The van der Waals surface area contributed by atoms with Crippen molar-refractivity contribution in [3.8, 4) is 0 Å². The average molecular weight is 375 g/mol. The fourth-order valence-electron chi connectivity index (χ4n) is 2.48. The minimum Gasteiger partial charge on any atom is -0.384 e. The van der Waals surface area contributed by atoms with Gasteiger partial charge in [0.05, 0.1) is 18.2 Å². The number of rotatable bonds is 7. The maximum atomic E-state index is 12.4. The van der Waals surface area contributed by atoms with Crippen molar-refractivity contribution >= 4 is 30.1 Å². The molecule has 7 heteroatoms. The molecule has 2 rings (SSSR count). The van der Waals surface area contributed by atoms with Crippen LogP contribution in [0, 0.1) is 0 Å². The van der Waals surface area contributed by atoms with Crippen LogP contribution in [0.5, 0.6) is 0 Å². The monoisotopic (exact) mass is 374 g/mol. The smallest absolute Gasteiger partial charge is 0.240 e. The Morgan fingerprint density at radius 1 is 1.38 bits per heavy atom. The molecule has 1 atom stereocenters. The number of nitrogens with one attached hydrogen (secondary N) is 1. The molecule has 5 nitrogen and oxygen atoms in total. The predicted octanol–water partition coefficient (Wildman–Crippen LogP) is 2.53. The summed E-state index contributed by atoms with van der Waals surface area (Å²) in [7, 11) is 1.71. The largest absolute Gasteiger partial charge is 0.384 e. The summed E-state index contributed by atoms with van der Waals surface area (Å²) in [6, 6.07) is 8.18. The van der Waals surface area contributed by atoms with Gasteiger partial charge in [-0.3, -0.25) is 4.79 Å². The van der Waals surface area contributed by atoms with Crippen LogP contribution in [0.4, 0.5) is 0 Å². The van der Waals surface area contributed by atoms with Crippen LogP contribution in [-0.4, -0.2) is 44.1 Å². The van der Waals surface area contributed by atoms with E-state index in [0.717, 1.165) is 17.9 Å². The number of thioether (sulfide) groups is 1. The molecular weight excluding hydrogens is 348 g/mol. The van der Waals surface area contributed by atoms with Gasteiger partial charge in [-0.25, -0.2) is 0 Å². The third kappa shape index (κ3) is 5.93. The molecule has 0 aromatic heterocycles. The molecule has 0 saturated carbocycles. The van der Waals surface area contributed by atoms with E-state index in [1.165, 1.54) is 4.90 Å². The van der Waals surface area contributed by atoms with Crippen LogP contribution in [0.1, 0.15) is 31.4 Å². The SMILES string of the molecule is COCCSc1ccc(C(C)NC(=O)C2(N)CCOCC2)cc1.Cl. The number of hydrogen-bond donors (Lipinski definition) is 2. The highest BCUT2D eigenvalue weighted by Gasteiger charge is 2.36. The minimum absolute atomic E-state index is 0. The second-order valence-corrected chi connectivity index (χ2v) is 7.04. The number of halogens is 1. The van der Waals surface area contributed by atoms with Crippen molar-refractivity contribution in [2.24, 2.45) is 5.73 Å². The second-order valence-electron chi connectivity index (χ2n) is 5.87. The normalized spacial score (nSPS) is 17.6. The number of carbonyl (C=O) groups excluding carboxylic acids is 1. The first-order chi connectivity index (χ1) is 11.0. The maximum absolute atomic E-state index is 12.4. The Balaban J connectivity index is 0.00000288. The highest BCUT2D eigenvalue weighted by molar-refractivity contribution is 7.99. The molecule has 0 bridgehead atoms. The summed E-state index contributed by atoms with van der Waals surface area (Å²) < 4.78 is 10.3. The van der Waals surface area contributed by atoms with Gasteiger partial charge in [0.2, 0.25) is 5.91 Å². The van der Waals surface area contributed by atoms with E-state index in [-0.39, 0.29) is 24.4 Å². The number of carbonyl (C=O) groups is 1. The third-order valence-electron chi connectivity index (χ3n) is 4.12. The average Bonchev–Trinajstić information content (AvgIpc) is 2.56. The Morgan fingerprint density at radius 3 is 2.58 bits per heavy atom. The Hall–Kier alpha value is -0.790. The molecule has 1 aliphatic heterocycles. The maximum Gasteiger partial charge on any atom is 0.240 e. The highest BCUT2D eigenvalue weighted by Crippen LogP contribution is 2.23. The zero-order valence-electron chi connectivity index (χ0n) is 14.2. The van der Waals surface area contributed by atoms with Crippen molar-refractivity contribution in [1.82, 2.24) is 5.32 Å². The lowest BCUT2D eigenvalue weighted by Crippen LogP contribution is -2.57. The van der Waals surface area contributed by atoms with Crippen LogP contribution < -0.4 is 11.1 Å². The number of amides is 1. The summed E-state index contributed by atoms with van der Waals surface area (Å²) >= 11 is 1.76. The number of nitrogens with two attached hydrogens (primary N) is 1. The van der Waals surface area contributed by atoms with Crippen molar-refractivity contribution in [3.63, 3.8) is 0 Å². The molecule has 1 fully saturated rings. The zero-order valence-corrected chi connectivity index (χ0v) is 15.9. The van der Waals surface area contributed by atoms with Gasteiger partial charge in [-0.05, 0) is 37.5 Å². The van der Waals surface area contributed by atoms with Gasteiger partial charge in [0.15, 0.2) is 0 Å². The van der Waals surface area contributed by atoms with Gasteiger partial charge in [0, 0.05) is 31.0 Å². The summed E-state index contributed by atoms with van der Waals surface area (Å²) in [5.41, 5.74) is 6.48. The van der Waals surface area contributed by atoms with E-state index in [0.29, 0.717) is 26.1 Å². The van der Waals surface area contributed by atoms with E-state index in [2.05, 4.69) is 17.4 Å². The summed E-state index contributed by atoms with van der Waals surface area (Å²) in [5.74, 6) is 0.840. The lowest BCUT2D eigenvalue weighted by Gasteiger charge is -2.33. The molecule has 1 aromatic carbocycles. The Bertz CT molecular complexity index is 507. The molecule has 1 unspecified atom stereocenters. The summed E-state index contributed by atoms with van der Waals surface area (Å²) in [6.07, 6.45) is 1.14. The van der Waals surface area contributed by atoms with Crippen LogP contribution in [0.15, 0.2) is 29.2 Å². The van der Waals surface area contributed by atoms with Gasteiger partial charge >= 0.3 is 0 Å². The highest BCUT2D eigenvalue weighted by atomic mass is 35.5. The lowest BCUT2D eigenvalue weighted by molar-refractivity contribution is -0.130. The molecule has 0 spiro atoms. The molecule has 1 aromatic rings. The number of hydrogen-bond acceptors (Lipinski definition) is 5. The van der Waals surface area contributed by atoms with E-state index in [1.54, 1.807) is 18.9 Å². The number of benzene rings is 1. The Morgan fingerprint density at radius 2 is 2.00 bits per heavy atom. The van der Waals surface area contributed by atoms with Crippen molar-refractivity contribution < 1.29 is 14.3 Å². The predicted molar refractivity (Wildman–Crippen MR) is 99.8 cm³/mol. The Labute approximate surface area is 154 Å². The quantitative estimate of drug-likeness (QED) is 0.566. The summed E-state index contributed by atoms with van der Waals surface area (Å²) in [6.45, 7) is 3.81. The molecule has 0 aliphatic carbocycles. The molecule has 1 heterocycles. The first-order valence-electron chi connectivity index (χ1n) is 7.94. The molecule has 0 radical (unpaired) electrons. The van der Waals surface area contributed by atoms with E-state index >= 15 is 0 Å². The van der Waals surface area contributed by atoms with Crippen molar-refractivity contribution in [1.29, 1.82) is 0 Å².